The number of aromatic nitrogens is 2. The van der Waals surface area contributed by atoms with Crippen LogP contribution in [0.15, 0.2) is 6.07 Å². The lowest BCUT2D eigenvalue weighted by atomic mass is 10.4. The molecule has 0 aromatic carbocycles. The second-order valence-electron chi connectivity index (χ2n) is 1.73. The molecule has 1 rings (SSSR count). The number of carbonyl (C=O) groups is 2. The summed E-state index contributed by atoms with van der Waals surface area (Å²) in [5, 5.41) is 3.84. The molecule has 4 nitrogen and oxygen atoms in total. The van der Waals surface area contributed by atoms with E-state index < -0.39 is 0 Å². The van der Waals surface area contributed by atoms with Crippen molar-refractivity contribution in [2.75, 3.05) is 0 Å². The van der Waals surface area contributed by atoms with Crippen molar-refractivity contribution in [2.24, 2.45) is 0 Å². The summed E-state index contributed by atoms with van der Waals surface area (Å²) in [6.45, 7) is 0. The number of nitrogens with zero attached hydrogens (tertiary/aromatic N) is 2. The molecule has 0 saturated carbocycles. The largest absolute Gasteiger partial charge is 0.296 e. The molecule has 1 aromatic rings. The third-order valence-corrected chi connectivity index (χ3v) is 2.97. The van der Waals surface area contributed by atoms with Crippen LogP contribution in [-0.2, 0) is 0 Å². The Hall–Kier alpha value is -0.290. The molecule has 0 spiro atoms. The lowest BCUT2D eigenvalue weighted by Gasteiger charge is -1.92. The molecule has 1 aromatic heterocycles. The van der Waals surface area contributed by atoms with E-state index in [-0.39, 0.29) is 0 Å². The minimum absolute atomic E-state index is 0.302. The smallest absolute Gasteiger partial charge is 0.170 e. The summed E-state index contributed by atoms with van der Waals surface area (Å²) >= 11 is 2.09. The average molecular weight is 282 g/mol. The fraction of sp³-hybridized carbons (Fsp3) is 0. The van der Waals surface area contributed by atoms with E-state index >= 15 is 0 Å². The second-order valence-corrected chi connectivity index (χ2v) is 3.77. The maximum atomic E-state index is 10.3. The Morgan fingerprint density at radius 1 is 1.55 bits per heavy atom. The Bertz CT molecular complexity index is 286. The summed E-state index contributed by atoms with van der Waals surface area (Å²) in [4.78, 5) is 20.6. The van der Waals surface area contributed by atoms with Crippen LogP contribution in [0.5, 0.6) is 0 Å². The molecule has 11 heavy (non-hydrogen) atoms. The van der Waals surface area contributed by atoms with Crippen molar-refractivity contribution < 1.29 is 9.59 Å². The zero-order valence-corrected chi connectivity index (χ0v) is 8.48. The van der Waals surface area contributed by atoms with E-state index in [0.29, 0.717) is 30.3 Å². The van der Waals surface area contributed by atoms with E-state index in [4.69, 9.17) is 0 Å². The van der Waals surface area contributed by atoms with Crippen LogP contribution in [-0.4, -0.2) is 22.1 Å². The Balaban J connectivity index is 3.11. The van der Waals surface area contributed by atoms with Gasteiger partial charge in [-0.3, -0.25) is 9.59 Å². The van der Waals surface area contributed by atoms with Gasteiger partial charge in [0.25, 0.3) is 0 Å². The topological polar surface area (TPSA) is 52.0 Å². The van der Waals surface area contributed by atoms with Gasteiger partial charge in [-0.2, -0.15) is 5.10 Å². The predicted molar refractivity (Wildman–Crippen MR) is 50.7 cm³/mol. The molecule has 1 atom stereocenters. The first-order valence-corrected chi connectivity index (χ1v) is 6.75. The standard InChI is InChI=1S/C5H4IN2O2P/c6-11-8-5(3-10)1-4(2-9)7-8/h1-3,11H. The molecule has 58 valence electrons. The quantitative estimate of drug-likeness (QED) is 0.477. The normalized spacial score (nSPS) is 10.6. The number of halogens is 1. The van der Waals surface area contributed by atoms with Crippen molar-refractivity contribution in [1.29, 1.82) is 0 Å². The van der Waals surface area contributed by atoms with Crippen LogP contribution >= 0.6 is 28.4 Å². The van der Waals surface area contributed by atoms with Crippen LogP contribution < -0.4 is 0 Å². The SMILES string of the molecule is O=Cc1cc(C=O)n(PI)n1. The minimum atomic E-state index is 0.302. The number of hydrogen-bond donors (Lipinski definition) is 0. The van der Waals surface area contributed by atoms with E-state index in [1.54, 1.807) is 0 Å². The zero-order valence-electron chi connectivity index (χ0n) is 5.32. The van der Waals surface area contributed by atoms with Crippen LogP contribution in [0.1, 0.15) is 21.0 Å². The Morgan fingerprint density at radius 3 is 2.64 bits per heavy atom. The first kappa shape index (κ1) is 8.80. The van der Waals surface area contributed by atoms with Crippen LogP contribution in [0.4, 0.5) is 0 Å². The lowest BCUT2D eigenvalue weighted by molar-refractivity contribution is 0.111. The molecule has 0 aliphatic rings. The highest BCUT2D eigenvalue weighted by atomic mass is 127. The summed E-state index contributed by atoms with van der Waals surface area (Å²) in [6.07, 6.45) is 1.66. The molecule has 1 unspecified atom stereocenters. The Labute approximate surface area is 77.7 Å². The number of rotatable bonds is 3. The lowest BCUT2D eigenvalue weighted by Crippen LogP contribution is -1.90. The minimum Gasteiger partial charge on any atom is -0.296 e. The molecule has 0 aliphatic heterocycles. The van der Waals surface area contributed by atoms with Crippen LogP contribution in [0.2, 0.25) is 0 Å². The van der Waals surface area contributed by atoms with Gasteiger partial charge in [-0.05, 0) is 28.1 Å². The van der Waals surface area contributed by atoms with E-state index in [1.807, 2.05) is 0 Å². The molecule has 0 radical (unpaired) electrons. The molecular weight excluding hydrogens is 278 g/mol. The maximum Gasteiger partial charge on any atom is 0.170 e. The first-order chi connectivity index (χ1) is 5.31. The maximum absolute atomic E-state index is 10.3. The Morgan fingerprint density at radius 2 is 2.27 bits per heavy atom. The third kappa shape index (κ3) is 1.84. The molecule has 6 heteroatoms. The van der Waals surface area contributed by atoms with E-state index in [1.165, 1.54) is 10.5 Å². The van der Waals surface area contributed by atoms with Gasteiger partial charge in [0.05, 0.1) is 6.37 Å². The monoisotopic (exact) mass is 282 g/mol. The van der Waals surface area contributed by atoms with Crippen LogP contribution in [0.25, 0.3) is 0 Å². The van der Waals surface area contributed by atoms with Gasteiger partial charge in [0.2, 0.25) is 0 Å². The van der Waals surface area contributed by atoms with Gasteiger partial charge in [-0.25, -0.2) is 4.45 Å². The average Bonchev–Trinajstić information content (AvgIpc) is 2.46. The highest BCUT2D eigenvalue weighted by molar-refractivity contribution is 14.2. The molecule has 0 amide bonds. The number of hydrogen-bond acceptors (Lipinski definition) is 3. The molecule has 0 N–H and O–H groups in total. The fourth-order valence-corrected chi connectivity index (χ4v) is 2.15. The van der Waals surface area contributed by atoms with E-state index in [9.17, 15) is 9.59 Å². The summed E-state index contributed by atoms with van der Waals surface area (Å²) in [5.74, 6) is 0. The van der Waals surface area contributed by atoms with Crippen molar-refractivity contribution in [1.82, 2.24) is 9.55 Å². The van der Waals surface area contributed by atoms with Gasteiger partial charge in [0.1, 0.15) is 11.4 Å². The zero-order chi connectivity index (χ0) is 8.27. The third-order valence-electron chi connectivity index (χ3n) is 1.08. The molecule has 0 bridgehead atoms. The van der Waals surface area contributed by atoms with E-state index in [2.05, 4.69) is 27.1 Å². The summed E-state index contributed by atoms with van der Waals surface area (Å²) in [6, 6.07) is 1.46. The van der Waals surface area contributed by atoms with Crippen molar-refractivity contribution in [2.45, 2.75) is 0 Å². The predicted octanol–water partition coefficient (Wildman–Crippen LogP) is 1.30. The molecule has 0 aliphatic carbocycles. The fourth-order valence-electron chi connectivity index (χ4n) is 0.624. The van der Waals surface area contributed by atoms with Crippen LogP contribution in [0, 0.1) is 0 Å². The molecule has 0 fully saturated rings. The van der Waals surface area contributed by atoms with Gasteiger partial charge in [-0.15, -0.1) is 0 Å². The molecule has 0 saturated heterocycles. The van der Waals surface area contributed by atoms with Crippen molar-refractivity contribution in [3.8, 4) is 0 Å². The highest BCUT2D eigenvalue weighted by Crippen LogP contribution is 2.24. The number of carbonyl (C=O) groups excluding carboxylic acids is 2. The van der Waals surface area contributed by atoms with Gasteiger partial charge in [-0.1, -0.05) is 0 Å². The van der Waals surface area contributed by atoms with Gasteiger partial charge in [0.15, 0.2) is 12.6 Å². The Kier molecular flexibility index (Phi) is 3.14. The first-order valence-electron chi connectivity index (χ1n) is 2.69. The summed E-state index contributed by atoms with van der Waals surface area (Å²) < 4.78 is 1.50. The summed E-state index contributed by atoms with van der Waals surface area (Å²) in [5.41, 5.74) is 0.746. The van der Waals surface area contributed by atoms with Crippen LogP contribution in [0.3, 0.4) is 0 Å². The molecule has 1 heterocycles. The molecular formula is C5H4IN2O2P. The van der Waals surface area contributed by atoms with Gasteiger partial charge in [0, 0.05) is 0 Å². The second kappa shape index (κ2) is 3.92. The van der Waals surface area contributed by atoms with E-state index in [0.717, 1.165) is 0 Å². The number of aldehydes is 2. The van der Waals surface area contributed by atoms with Crippen molar-refractivity contribution in [3.05, 3.63) is 17.5 Å². The highest BCUT2D eigenvalue weighted by Gasteiger charge is 2.03. The van der Waals surface area contributed by atoms with Crippen molar-refractivity contribution >= 4 is 41.0 Å². The summed E-state index contributed by atoms with van der Waals surface area (Å²) in [7, 11) is 0. The van der Waals surface area contributed by atoms with Gasteiger partial charge < -0.3 is 0 Å². The van der Waals surface area contributed by atoms with Crippen molar-refractivity contribution in [3.63, 3.8) is 0 Å². The van der Waals surface area contributed by atoms with Gasteiger partial charge >= 0.3 is 0 Å².